The third kappa shape index (κ3) is 2.93. The molecule has 1 aromatic heterocycles. The van der Waals surface area contributed by atoms with E-state index >= 15 is 0 Å². The summed E-state index contributed by atoms with van der Waals surface area (Å²) in [6, 6.07) is 5.07. The third-order valence-corrected chi connectivity index (χ3v) is 3.04. The van der Waals surface area contributed by atoms with Crippen LogP contribution in [0.1, 0.15) is 31.2 Å². The van der Waals surface area contributed by atoms with Gasteiger partial charge in [0.05, 0.1) is 0 Å². The summed E-state index contributed by atoms with van der Waals surface area (Å²) in [7, 11) is 0. The van der Waals surface area contributed by atoms with Crippen LogP contribution in [-0.4, -0.2) is 17.1 Å². The Balaban J connectivity index is 1.92. The number of nitrogens with two attached hydrogens (primary N) is 1. The lowest BCUT2D eigenvalue weighted by Gasteiger charge is -2.27. The Morgan fingerprint density at radius 2 is 2.07 bits per heavy atom. The zero-order valence-corrected chi connectivity index (χ0v) is 9.24. The fourth-order valence-corrected chi connectivity index (χ4v) is 2.09. The molecule has 3 N–H and O–H groups in total. The minimum atomic E-state index is 0.411. The average molecular weight is 205 g/mol. The summed E-state index contributed by atoms with van der Waals surface area (Å²) in [5.74, 6) is 0.996. The van der Waals surface area contributed by atoms with Crippen LogP contribution in [0.15, 0.2) is 18.3 Å². The van der Waals surface area contributed by atoms with E-state index in [1.165, 1.54) is 5.56 Å². The number of hydrogen-bond donors (Lipinski definition) is 2. The lowest BCUT2D eigenvalue weighted by molar-refractivity contribution is 0.410. The van der Waals surface area contributed by atoms with Crippen LogP contribution in [0.3, 0.4) is 0 Å². The molecule has 0 amide bonds. The third-order valence-electron chi connectivity index (χ3n) is 3.04. The number of pyridine rings is 1. The molecule has 82 valence electrons. The highest BCUT2D eigenvalue weighted by atomic mass is 15.0. The Morgan fingerprint density at radius 3 is 2.73 bits per heavy atom. The van der Waals surface area contributed by atoms with Crippen LogP contribution in [0, 0.1) is 6.92 Å². The van der Waals surface area contributed by atoms with Gasteiger partial charge >= 0.3 is 0 Å². The first-order valence-corrected chi connectivity index (χ1v) is 5.69. The van der Waals surface area contributed by atoms with Gasteiger partial charge in [0.2, 0.25) is 0 Å². The molecule has 3 heteroatoms. The highest BCUT2D eigenvalue weighted by Crippen LogP contribution is 2.20. The molecular formula is C12H19N3. The summed E-state index contributed by atoms with van der Waals surface area (Å²) in [6.07, 6.45) is 6.44. The lowest BCUT2D eigenvalue weighted by atomic mass is 9.92. The maximum absolute atomic E-state index is 5.87. The Labute approximate surface area is 91.1 Å². The predicted molar refractivity (Wildman–Crippen MR) is 62.8 cm³/mol. The molecule has 0 radical (unpaired) electrons. The summed E-state index contributed by atoms with van der Waals surface area (Å²) < 4.78 is 0. The minimum absolute atomic E-state index is 0.411. The number of nitrogens with one attached hydrogen (secondary N) is 1. The Hall–Kier alpha value is -1.09. The van der Waals surface area contributed by atoms with Crippen molar-refractivity contribution >= 4 is 5.82 Å². The number of rotatable bonds is 2. The van der Waals surface area contributed by atoms with Gasteiger partial charge < -0.3 is 11.1 Å². The van der Waals surface area contributed by atoms with Gasteiger partial charge in [-0.05, 0) is 50.3 Å². The normalized spacial score (nSPS) is 26.3. The quantitative estimate of drug-likeness (QED) is 0.777. The number of nitrogens with zero attached hydrogens (tertiary/aromatic N) is 1. The molecule has 0 aromatic carbocycles. The van der Waals surface area contributed by atoms with Gasteiger partial charge in [0.25, 0.3) is 0 Å². The SMILES string of the molecule is Cc1ccnc(NC2CCC(N)CC2)c1. The van der Waals surface area contributed by atoms with Crippen LogP contribution in [0.25, 0.3) is 0 Å². The number of aryl methyl sites for hydroxylation is 1. The zero-order chi connectivity index (χ0) is 10.7. The molecule has 0 unspecified atom stereocenters. The van der Waals surface area contributed by atoms with Gasteiger partial charge in [-0.3, -0.25) is 0 Å². The highest BCUT2D eigenvalue weighted by Gasteiger charge is 2.18. The van der Waals surface area contributed by atoms with Gasteiger partial charge in [0, 0.05) is 18.3 Å². The van der Waals surface area contributed by atoms with Crippen molar-refractivity contribution in [2.24, 2.45) is 5.73 Å². The van der Waals surface area contributed by atoms with Crippen LogP contribution in [0.4, 0.5) is 5.82 Å². The predicted octanol–water partition coefficient (Wildman–Crippen LogP) is 2.07. The number of hydrogen-bond acceptors (Lipinski definition) is 3. The van der Waals surface area contributed by atoms with Crippen molar-refractivity contribution in [3.63, 3.8) is 0 Å². The summed E-state index contributed by atoms with van der Waals surface area (Å²) in [6.45, 7) is 2.09. The minimum Gasteiger partial charge on any atom is -0.367 e. The average Bonchev–Trinajstić information content (AvgIpc) is 2.22. The van der Waals surface area contributed by atoms with Gasteiger partial charge in [0.15, 0.2) is 0 Å². The Bertz CT molecular complexity index is 316. The molecule has 0 bridgehead atoms. The van der Waals surface area contributed by atoms with Gasteiger partial charge in [-0.25, -0.2) is 4.98 Å². The molecule has 1 fully saturated rings. The molecule has 0 saturated heterocycles. The number of anilines is 1. The molecule has 0 spiro atoms. The fraction of sp³-hybridized carbons (Fsp3) is 0.583. The van der Waals surface area contributed by atoms with E-state index in [1.807, 2.05) is 12.3 Å². The molecule has 1 saturated carbocycles. The molecule has 1 aromatic rings. The maximum Gasteiger partial charge on any atom is 0.126 e. The first kappa shape index (κ1) is 10.4. The fourth-order valence-electron chi connectivity index (χ4n) is 2.09. The van der Waals surface area contributed by atoms with Crippen molar-refractivity contribution in [3.05, 3.63) is 23.9 Å². The molecule has 15 heavy (non-hydrogen) atoms. The van der Waals surface area contributed by atoms with Crippen molar-refractivity contribution in [2.45, 2.75) is 44.7 Å². The molecule has 1 aliphatic rings. The van der Waals surface area contributed by atoms with Gasteiger partial charge in [0.1, 0.15) is 5.82 Å². The van der Waals surface area contributed by atoms with Crippen molar-refractivity contribution in [1.82, 2.24) is 4.98 Å². The molecular weight excluding hydrogens is 186 g/mol. The maximum atomic E-state index is 5.87. The summed E-state index contributed by atoms with van der Waals surface area (Å²) in [5.41, 5.74) is 7.12. The van der Waals surface area contributed by atoms with E-state index in [0.717, 1.165) is 31.5 Å². The van der Waals surface area contributed by atoms with E-state index in [0.29, 0.717) is 12.1 Å². The number of aromatic nitrogens is 1. The molecule has 0 aliphatic heterocycles. The van der Waals surface area contributed by atoms with E-state index in [9.17, 15) is 0 Å². The van der Waals surface area contributed by atoms with Gasteiger partial charge in [-0.1, -0.05) is 0 Å². The second kappa shape index (κ2) is 4.62. The molecule has 3 nitrogen and oxygen atoms in total. The Kier molecular flexibility index (Phi) is 3.21. The smallest absolute Gasteiger partial charge is 0.126 e. The van der Waals surface area contributed by atoms with E-state index in [1.54, 1.807) is 0 Å². The molecule has 2 rings (SSSR count). The van der Waals surface area contributed by atoms with Crippen LogP contribution in [-0.2, 0) is 0 Å². The van der Waals surface area contributed by atoms with E-state index in [2.05, 4.69) is 23.3 Å². The van der Waals surface area contributed by atoms with Gasteiger partial charge in [-0.2, -0.15) is 0 Å². The monoisotopic (exact) mass is 205 g/mol. The molecule has 0 atom stereocenters. The van der Waals surface area contributed by atoms with Gasteiger partial charge in [-0.15, -0.1) is 0 Å². The Morgan fingerprint density at radius 1 is 1.33 bits per heavy atom. The summed E-state index contributed by atoms with van der Waals surface area (Å²) in [4.78, 5) is 4.31. The summed E-state index contributed by atoms with van der Waals surface area (Å²) in [5, 5.41) is 3.48. The molecule has 1 heterocycles. The van der Waals surface area contributed by atoms with Crippen molar-refractivity contribution in [1.29, 1.82) is 0 Å². The van der Waals surface area contributed by atoms with Crippen LogP contribution >= 0.6 is 0 Å². The lowest BCUT2D eigenvalue weighted by Crippen LogP contribution is -2.33. The largest absolute Gasteiger partial charge is 0.367 e. The standard InChI is InChI=1S/C12H19N3/c1-9-6-7-14-12(8-9)15-11-4-2-10(13)3-5-11/h6-8,10-11H,2-5,13H2,1H3,(H,14,15). The van der Waals surface area contributed by atoms with Crippen molar-refractivity contribution in [2.75, 3.05) is 5.32 Å². The van der Waals surface area contributed by atoms with Crippen LogP contribution < -0.4 is 11.1 Å². The van der Waals surface area contributed by atoms with E-state index in [-0.39, 0.29) is 0 Å². The van der Waals surface area contributed by atoms with Crippen molar-refractivity contribution < 1.29 is 0 Å². The second-order valence-electron chi connectivity index (χ2n) is 4.47. The molecule has 1 aliphatic carbocycles. The van der Waals surface area contributed by atoms with E-state index < -0.39 is 0 Å². The van der Waals surface area contributed by atoms with Crippen LogP contribution in [0.2, 0.25) is 0 Å². The zero-order valence-electron chi connectivity index (χ0n) is 9.24. The second-order valence-corrected chi connectivity index (χ2v) is 4.47. The summed E-state index contributed by atoms with van der Waals surface area (Å²) >= 11 is 0. The first-order valence-electron chi connectivity index (χ1n) is 5.69. The van der Waals surface area contributed by atoms with Crippen molar-refractivity contribution in [3.8, 4) is 0 Å². The topological polar surface area (TPSA) is 50.9 Å². The van der Waals surface area contributed by atoms with E-state index in [4.69, 9.17) is 5.73 Å². The van der Waals surface area contributed by atoms with Crippen LogP contribution in [0.5, 0.6) is 0 Å². The first-order chi connectivity index (χ1) is 7.24. The highest BCUT2D eigenvalue weighted by molar-refractivity contribution is 5.38.